The van der Waals surface area contributed by atoms with E-state index in [9.17, 15) is 5.11 Å². The topological polar surface area (TPSA) is 90.6 Å². The van der Waals surface area contributed by atoms with Crippen molar-refractivity contribution >= 4 is 23.0 Å². The van der Waals surface area contributed by atoms with Crippen molar-refractivity contribution < 1.29 is 5.11 Å². The Kier molecular flexibility index (Phi) is 7.09. The van der Waals surface area contributed by atoms with Gasteiger partial charge in [0.2, 0.25) is 0 Å². The molecule has 4 rings (SSSR count). The molecular formula is C24H35N7O. The fourth-order valence-electron chi connectivity index (χ4n) is 4.46. The van der Waals surface area contributed by atoms with Crippen molar-refractivity contribution in [1.29, 1.82) is 0 Å². The molecule has 4 heterocycles. The number of aliphatic hydroxyl groups excluding tert-OH is 1. The lowest BCUT2D eigenvalue weighted by Crippen LogP contribution is -2.40. The zero-order valence-electron chi connectivity index (χ0n) is 19.4. The van der Waals surface area contributed by atoms with Crippen LogP contribution in [0.3, 0.4) is 0 Å². The molecule has 1 fully saturated rings. The molecule has 1 aliphatic heterocycles. The number of piperidine rings is 1. The van der Waals surface area contributed by atoms with Crippen LogP contribution in [0.1, 0.15) is 57.6 Å². The van der Waals surface area contributed by atoms with Crippen LogP contribution in [0.4, 0.5) is 17.3 Å². The molecule has 3 N–H and O–H groups in total. The predicted molar refractivity (Wildman–Crippen MR) is 129 cm³/mol. The summed E-state index contributed by atoms with van der Waals surface area (Å²) in [4.78, 5) is 11.8. The fourth-order valence-corrected chi connectivity index (χ4v) is 4.46. The Bertz CT molecular complexity index is 1030. The smallest absolute Gasteiger partial charge is 0.162 e. The second-order valence-electron chi connectivity index (χ2n) is 8.85. The minimum Gasteiger partial charge on any atom is -0.396 e. The average molecular weight is 438 g/mol. The van der Waals surface area contributed by atoms with Crippen LogP contribution in [0, 0.1) is 0 Å². The van der Waals surface area contributed by atoms with Crippen LogP contribution >= 0.6 is 0 Å². The molecule has 3 aromatic heterocycles. The summed E-state index contributed by atoms with van der Waals surface area (Å²) in [5.74, 6) is 1.88. The average Bonchev–Trinajstić information content (AvgIpc) is 3.21. The molecule has 0 aromatic carbocycles. The molecular weight excluding hydrogens is 402 g/mol. The summed E-state index contributed by atoms with van der Waals surface area (Å²) < 4.78 is 1.90. The molecule has 0 saturated carbocycles. The Hall–Kier alpha value is -2.87. The van der Waals surface area contributed by atoms with E-state index in [-0.39, 0.29) is 6.61 Å². The molecule has 8 heteroatoms. The first kappa shape index (κ1) is 22.3. The molecule has 8 nitrogen and oxygen atoms in total. The van der Waals surface area contributed by atoms with Crippen molar-refractivity contribution in [2.45, 2.75) is 71.5 Å². The van der Waals surface area contributed by atoms with Crippen LogP contribution in [-0.4, -0.2) is 49.9 Å². The number of hydrogen-bond donors (Lipinski definition) is 3. The quantitative estimate of drug-likeness (QED) is 0.468. The molecule has 1 aliphatic rings. The van der Waals surface area contributed by atoms with Crippen LogP contribution in [0.5, 0.6) is 0 Å². The number of nitrogens with zero attached hydrogens (tertiary/aromatic N) is 5. The lowest BCUT2D eigenvalue weighted by molar-refractivity contribution is 0.262. The van der Waals surface area contributed by atoms with Gasteiger partial charge in [0.25, 0.3) is 0 Å². The van der Waals surface area contributed by atoms with E-state index in [0.717, 1.165) is 66.3 Å². The molecule has 3 aromatic rings. The first-order chi connectivity index (χ1) is 15.6. The monoisotopic (exact) mass is 437 g/mol. The third-order valence-electron chi connectivity index (χ3n) is 6.02. The molecule has 1 saturated heterocycles. The van der Waals surface area contributed by atoms with Gasteiger partial charge < -0.3 is 20.6 Å². The van der Waals surface area contributed by atoms with Gasteiger partial charge in [0.1, 0.15) is 11.6 Å². The number of aromatic nitrogens is 4. The highest BCUT2D eigenvalue weighted by atomic mass is 16.3. The van der Waals surface area contributed by atoms with Crippen molar-refractivity contribution in [3.05, 3.63) is 41.9 Å². The van der Waals surface area contributed by atoms with E-state index in [1.807, 2.05) is 23.1 Å². The molecule has 0 amide bonds. The van der Waals surface area contributed by atoms with E-state index in [2.05, 4.69) is 58.5 Å². The van der Waals surface area contributed by atoms with Crippen LogP contribution < -0.4 is 15.5 Å². The molecule has 0 bridgehead atoms. The minimum atomic E-state index is 0.204. The van der Waals surface area contributed by atoms with E-state index in [0.29, 0.717) is 18.6 Å². The van der Waals surface area contributed by atoms with Crippen molar-refractivity contribution in [3.63, 3.8) is 0 Å². The lowest BCUT2D eigenvalue weighted by atomic mass is 9.99. The van der Waals surface area contributed by atoms with Gasteiger partial charge in [0.15, 0.2) is 5.65 Å². The van der Waals surface area contributed by atoms with Gasteiger partial charge in [-0.2, -0.15) is 9.61 Å². The zero-order valence-corrected chi connectivity index (χ0v) is 19.4. The molecule has 172 valence electrons. The Morgan fingerprint density at radius 2 is 2.06 bits per heavy atom. The molecule has 0 spiro atoms. The first-order valence-corrected chi connectivity index (χ1v) is 11.8. The Balaban J connectivity index is 1.64. The SMILES string of the molecule is CCc1cnn2c(NCc3cncc(NC(C)C)c3)cc(N3CCCCC3CCO)nc12. The fraction of sp³-hybridized carbons (Fsp3) is 0.542. The van der Waals surface area contributed by atoms with E-state index in [4.69, 9.17) is 4.98 Å². The van der Waals surface area contributed by atoms with Crippen molar-refractivity contribution in [2.75, 3.05) is 28.7 Å². The Morgan fingerprint density at radius 3 is 2.84 bits per heavy atom. The maximum Gasteiger partial charge on any atom is 0.162 e. The lowest BCUT2D eigenvalue weighted by Gasteiger charge is -2.36. The Labute approximate surface area is 190 Å². The van der Waals surface area contributed by atoms with Crippen LogP contribution in [0.15, 0.2) is 30.7 Å². The molecule has 0 radical (unpaired) electrons. The Morgan fingerprint density at radius 1 is 1.19 bits per heavy atom. The summed E-state index contributed by atoms with van der Waals surface area (Å²) in [6.07, 6.45) is 10.8. The number of fused-ring (bicyclic) bond motifs is 1. The third kappa shape index (κ3) is 4.96. The van der Waals surface area contributed by atoms with Gasteiger partial charge in [0, 0.05) is 55.8 Å². The van der Waals surface area contributed by atoms with Crippen molar-refractivity contribution in [3.8, 4) is 0 Å². The number of nitrogens with one attached hydrogen (secondary N) is 2. The normalized spacial score (nSPS) is 16.7. The van der Waals surface area contributed by atoms with Crippen molar-refractivity contribution in [2.24, 2.45) is 0 Å². The van der Waals surface area contributed by atoms with Gasteiger partial charge >= 0.3 is 0 Å². The largest absolute Gasteiger partial charge is 0.396 e. The van der Waals surface area contributed by atoms with E-state index < -0.39 is 0 Å². The number of hydrogen-bond acceptors (Lipinski definition) is 7. The van der Waals surface area contributed by atoms with E-state index in [1.54, 1.807) is 0 Å². The molecule has 0 aliphatic carbocycles. The highest BCUT2D eigenvalue weighted by molar-refractivity contribution is 5.61. The third-order valence-corrected chi connectivity index (χ3v) is 6.02. The van der Waals surface area contributed by atoms with Gasteiger partial charge in [-0.25, -0.2) is 4.98 Å². The first-order valence-electron chi connectivity index (χ1n) is 11.8. The summed E-state index contributed by atoms with van der Waals surface area (Å²) in [6.45, 7) is 8.18. The van der Waals surface area contributed by atoms with Crippen LogP contribution in [-0.2, 0) is 13.0 Å². The van der Waals surface area contributed by atoms with Gasteiger partial charge in [0.05, 0.1) is 11.9 Å². The standard InChI is InChI=1S/C24H35N7O/c1-4-19-15-27-31-22(26-14-18-11-20(16-25-13-18)28-17(2)3)12-23(29-24(19)31)30-9-6-5-7-21(30)8-10-32/h11-13,15-17,21,26,28,32H,4-10,14H2,1-3H3. The van der Waals surface area contributed by atoms with Crippen molar-refractivity contribution in [1.82, 2.24) is 19.6 Å². The summed E-state index contributed by atoms with van der Waals surface area (Å²) in [5.41, 5.74) is 4.15. The summed E-state index contributed by atoms with van der Waals surface area (Å²) in [5, 5.41) is 21.1. The summed E-state index contributed by atoms with van der Waals surface area (Å²) in [7, 11) is 0. The summed E-state index contributed by atoms with van der Waals surface area (Å²) >= 11 is 0. The number of anilines is 3. The molecule has 32 heavy (non-hydrogen) atoms. The number of aryl methyl sites for hydroxylation is 1. The van der Waals surface area contributed by atoms with Crippen LogP contribution in [0.2, 0.25) is 0 Å². The van der Waals surface area contributed by atoms with Crippen LogP contribution in [0.25, 0.3) is 5.65 Å². The van der Waals surface area contributed by atoms with Gasteiger partial charge in [-0.05, 0) is 57.6 Å². The zero-order chi connectivity index (χ0) is 22.5. The van der Waals surface area contributed by atoms with E-state index >= 15 is 0 Å². The minimum absolute atomic E-state index is 0.204. The highest BCUT2D eigenvalue weighted by Crippen LogP contribution is 2.29. The van der Waals surface area contributed by atoms with Gasteiger partial charge in [-0.1, -0.05) is 6.92 Å². The number of rotatable bonds is 9. The summed E-state index contributed by atoms with van der Waals surface area (Å²) in [6, 6.07) is 4.91. The number of aliphatic hydroxyl groups is 1. The van der Waals surface area contributed by atoms with Gasteiger partial charge in [-0.15, -0.1) is 0 Å². The molecule has 1 atom stereocenters. The maximum atomic E-state index is 9.56. The number of pyridine rings is 1. The second-order valence-corrected chi connectivity index (χ2v) is 8.85. The molecule has 1 unspecified atom stereocenters. The second kappa shape index (κ2) is 10.2. The van der Waals surface area contributed by atoms with Gasteiger partial charge in [-0.3, -0.25) is 4.98 Å². The van der Waals surface area contributed by atoms with E-state index in [1.165, 1.54) is 6.42 Å². The predicted octanol–water partition coefficient (Wildman–Crippen LogP) is 3.86. The maximum absolute atomic E-state index is 9.56. The highest BCUT2D eigenvalue weighted by Gasteiger charge is 2.24.